The van der Waals surface area contributed by atoms with E-state index in [-0.39, 0.29) is 29.5 Å². The maximum Gasteiger partial charge on any atom is 0.251 e. The summed E-state index contributed by atoms with van der Waals surface area (Å²) in [5.41, 5.74) is 0.465. The lowest BCUT2D eigenvalue weighted by atomic mass is 10.2. The van der Waals surface area contributed by atoms with Crippen molar-refractivity contribution in [2.75, 3.05) is 33.4 Å². The van der Waals surface area contributed by atoms with E-state index in [0.717, 1.165) is 12.8 Å². The van der Waals surface area contributed by atoms with Gasteiger partial charge in [0.15, 0.2) is 0 Å². The molecule has 1 aliphatic carbocycles. The molecule has 3 rings (SSSR count). The lowest BCUT2D eigenvalue weighted by molar-refractivity contribution is -0.0909. The summed E-state index contributed by atoms with van der Waals surface area (Å²) >= 11 is 0. The standard InChI is InChI=1S/C16H22N2O5S/c1-18(10-14-11-22-8-9-23-14)24(20,21)15-6-2-12(3-7-15)16(19)17-13-4-5-13/h2-3,6-7,13-14H,4-5,8-11H2,1H3,(H,17,19)/t14-/m0/s1. The van der Waals surface area contributed by atoms with Gasteiger partial charge in [0.1, 0.15) is 0 Å². The van der Waals surface area contributed by atoms with Crippen LogP contribution in [0, 0.1) is 0 Å². The number of likely N-dealkylation sites (N-methyl/N-ethyl adjacent to an activating group) is 1. The molecule has 0 bridgehead atoms. The van der Waals surface area contributed by atoms with Crippen LogP contribution in [0.5, 0.6) is 0 Å². The molecule has 0 spiro atoms. The van der Waals surface area contributed by atoms with E-state index in [0.29, 0.717) is 25.4 Å². The van der Waals surface area contributed by atoms with Gasteiger partial charge in [-0.3, -0.25) is 4.79 Å². The molecule has 1 aliphatic heterocycles. The fourth-order valence-electron chi connectivity index (χ4n) is 2.48. The van der Waals surface area contributed by atoms with Gasteiger partial charge in [-0.2, -0.15) is 4.31 Å². The highest BCUT2D eigenvalue weighted by Gasteiger charge is 2.27. The quantitative estimate of drug-likeness (QED) is 0.809. The van der Waals surface area contributed by atoms with Gasteiger partial charge < -0.3 is 14.8 Å². The van der Waals surface area contributed by atoms with Crippen LogP contribution in [-0.2, 0) is 19.5 Å². The number of nitrogens with one attached hydrogen (secondary N) is 1. The molecule has 1 saturated heterocycles. The van der Waals surface area contributed by atoms with Crippen molar-refractivity contribution in [3.63, 3.8) is 0 Å². The zero-order chi connectivity index (χ0) is 17.2. The zero-order valence-corrected chi connectivity index (χ0v) is 14.4. The van der Waals surface area contributed by atoms with Gasteiger partial charge in [-0.1, -0.05) is 0 Å². The van der Waals surface area contributed by atoms with Crippen LogP contribution in [0.1, 0.15) is 23.2 Å². The second-order valence-electron chi connectivity index (χ2n) is 6.13. The number of amides is 1. The van der Waals surface area contributed by atoms with Crippen molar-refractivity contribution in [3.8, 4) is 0 Å². The fraction of sp³-hybridized carbons (Fsp3) is 0.562. The Hall–Kier alpha value is -1.48. The van der Waals surface area contributed by atoms with E-state index >= 15 is 0 Å². The average Bonchev–Trinajstić information content (AvgIpc) is 3.40. The van der Waals surface area contributed by atoms with Gasteiger partial charge in [0.2, 0.25) is 10.0 Å². The third-order valence-corrected chi connectivity index (χ3v) is 5.92. The van der Waals surface area contributed by atoms with Crippen LogP contribution in [0.25, 0.3) is 0 Å². The molecule has 24 heavy (non-hydrogen) atoms. The summed E-state index contributed by atoms with van der Waals surface area (Å²) in [7, 11) is -2.11. The number of carbonyl (C=O) groups is 1. The minimum Gasteiger partial charge on any atom is -0.376 e. The maximum absolute atomic E-state index is 12.6. The summed E-state index contributed by atoms with van der Waals surface area (Å²) in [6, 6.07) is 6.28. The third-order valence-electron chi connectivity index (χ3n) is 4.08. The first-order valence-corrected chi connectivity index (χ1v) is 9.47. The lowest BCUT2D eigenvalue weighted by Crippen LogP contribution is -2.40. The predicted octanol–water partition coefficient (Wildman–Crippen LogP) is 0.615. The molecule has 1 saturated carbocycles. The summed E-state index contributed by atoms with van der Waals surface area (Å²) in [5.74, 6) is -0.164. The smallest absolute Gasteiger partial charge is 0.251 e. The van der Waals surface area contributed by atoms with Crippen LogP contribution in [-0.4, -0.2) is 64.2 Å². The summed E-state index contributed by atoms with van der Waals surface area (Å²) in [6.45, 7) is 1.63. The minimum atomic E-state index is -3.63. The highest BCUT2D eigenvalue weighted by atomic mass is 32.2. The van der Waals surface area contributed by atoms with Crippen LogP contribution < -0.4 is 5.32 Å². The first kappa shape index (κ1) is 17.3. The molecule has 0 unspecified atom stereocenters. The van der Waals surface area contributed by atoms with Crippen molar-refractivity contribution in [2.45, 2.75) is 29.9 Å². The molecule has 1 aromatic rings. The Kier molecular flexibility index (Phi) is 5.19. The summed E-state index contributed by atoms with van der Waals surface area (Å²) in [6.07, 6.45) is 1.76. The number of rotatable bonds is 6. The monoisotopic (exact) mass is 354 g/mol. The van der Waals surface area contributed by atoms with Crippen molar-refractivity contribution < 1.29 is 22.7 Å². The molecule has 1 atom stereocenters. The van der Waals surface area contributed by atoms with Crippen LogP contribution >= 0.6 is 0 Å². The zero-order valence-electron chi connectivity index (χ0n) is 13.6. The Morgan fingerprint density at radius 3 is 2.54 bits per heavy atom. The predicted molar refractivity (Wildman–Crippen MR) is 87.3 cm³/mol. The minimum absolute atomic E-state index is 0.157. The number of ether oxygens (including phenoxy) is 2. The molecule has 0 aromatic heterocycles. The largest absolute Gasteiger partial charge is 0.376 e. The molecule has 1 heterocycles. The van der Waals surface area contributed by atoms with Gasteiger partial charge in [0, 0.05) is 25.2 Å². The highest BCUT2D eigenvalue weighted by molar-refractivity contribution is 7.89. The molecule has 132 valence electrons. The van der Waals surface area contributed by atoms with Gasteiger partial charge >= 0.3 is 0 Å². The molecule has 0 radical (unpaired) electrons. The van der Waals surface area contributed by atoms with Crippen molar-refractivity contribution in [2.24, 2.45) is 0 Å². The van der Waals surface area contributed by atoms with Gasteiger partial charge in [-0.05, 0) is 37.1 Å². The van der Waals surface area contributed by atoms with Crippen molar-refractivity contribution in [3.05, 3.63) is 29.8 Å². The maximum atomic E-state index is 12.6. The number of benzene rings is 1. The second kappa shape index (κ2) is 7.18. The lowest BCUT2D eigenvalue weighted by Gasteiger charge is -2.27. The molecular formula is C16H22N2O5S. The first-order valence-electron chi connectivity index (χ1n) is 8.03. The summed E-state index contributed by atoms with van der Waals surface area (Å²) < 4.78 is 37.2. The molecule has 1 N–H and O–H groups in total. The molecule has 2 fully saturated rings. The second-order valence-corrected chi connectivity index (χ2v) is 8.17. The molecule has 1 aromatic carbocycles. The Bertz CT molecular complexity index is 679. The van der Waals surface area contributed by atoms with E-state index in [1.54, 1.807) is 12.1 Å². The van der Waals surface area contributed by atoms with E-state index < -0.39 is 10.0 Å². The number of hydrogen-bond donors (Lipinski definition) is 1. The van der Waals surface area contributed by atoms with Gasteiger partial charge in [-0.25, -0.2) is 8.42 Å². The van der Waals surface area contributed by atoms with E-state index in [2.05, 4.69) is 5.32 Å². The van der Waals surface area contributed by atoms with E-state index in [9.17, 15) is 13.2 Å². The molecule has 7 nitrogen and oxygen atoms in total. The number of nitrogens with zero attached hydrogens (tertiary/aromatic N) is 1. The van der Waals surface area contributed by atoms with Gasteiger partial charge in [0.05, 0.1) is 30.8 Å². The van der Waals surface area contributed by atoms with E-state index in [4.69, 9.17) is 9.47 Å². The molecule has 2 aliphatic rings. The Morgan fingerprint density at radius 2 is 1.96 bits per heavy atom. The van der Waals surface area contributed by atoms with Crippen molar-refractivity contribution in [1.29, 1.82) is 0 Å². The Morgan fingerprint density at radius 1 is 1.25 bits per heavy atom. The van der Waals surface area contributed by atoms with Crippen LogP contribution in [0.2, 0.25) is 0 Å². The van der Waals surface area contributed by atoms with Gasteiger partial charge in [-0.15, -0.1) is 0 Å². The Labute approximate surface area is 142 Å². The first-order chi connectivity index (χ1) is 11.5. The van der Waals surface area contributed by atoms with Crippen molar-refractivity contribution in [1.82, 2.24) is 9.62 Å². The highest BCUT2D eigenvalue weighted by Crippen LogP contribution is 2.20. The molecule has 8 heteroatoms. The van der Waals surface area contributed by atoms with E-state index in [1.807, 2.05) is 0 Å². The van der Waals surface area contributed by atoms with Gasteiger partial charge in [0.25, 0.3) is 5.91 Å². The summed E-state index contributed by atoms with van der Waals surface area (Å²) in [5, 5.41) is 2.88. The summed E-state index contributed by atoms with van der Waals surface area (Å²) in [4.78, 5) is 12.1. The third kappa shape index (κ3) is 4.13. The Balaban J connectivity index is 1.65. The van der Waals surface area contributed by atoms with E-state index in [1.165, 1.54) is 23.5 Å². The van der Waals surface area contributed by atoms with Crippen molar-refractivity contribution >= 4 is 15.9 Å². The number of carbonyl (C=O) groups excluding carboxylic acids is 1. The topological polar surface area (TPSA) is 84.9 Å². The normalized spacial score (nSPS) is 21.7. The fourth-order valence-corrected chi connectivity index (χ4v) is 3.68. The SMILES string of the molecule is CN(C[C@H]1COCCO1)S(=O)(=O)c1ccc(C(=O)NC2CC2)cc1. The van der Waals surface area contributed by atoms with Crippen LogP contribution in [0.3, 0.4) is 0 Å². The van der Waals surface area contributed by atoms with Crippen LogP contribution in [0.15, 0.2) is 29.2 Å². The average molecular weight is 354 g/mol. The number of hydrogen-bond acceptors (Lipinski definition) is 5. The number of sulfonamides is 1. The molecular weight excluding hydrogens is 332 g/mol. The molecule has 1 amide bonds. The van der Waals surface area contributed by atoms with Crippen LogP contribution in [0.4, 0.5) is 0 Å².